The van der Waals surface area contributed by atoms with Crippen LogP contribution < -0.4 is 10.2 Å². The summed E-state index contributed by atoms with van der Waals surface area (Å²) in [5, 5.41) is 3.49. The van der Waals surface area contributed by atoms with Gasteiger partial charge in [-0.2, -0.15) is 0 Å². The molecule has 27 heavy (non-hydrogen) atoms. The Labute approximate surface area is 174 Å². The smallest absolute Gasteiger partial charge is 0.135 e. The summed E-state index contributed by atoms with van der Waals surface area (Å²) >= 11 is 0. The minimum atomic E-state index is 0. The topological polar surface area (TPSA) is 58.9 Å². The van der Waals surface area contributed by atoms with E-state index in [1.807, 2.05) is 13.1 Å². The molecular formula is C19H30Cl2N6. The highest BCUT2D eigenvalue weighted by Crippen LogP contribution is 2.28. The molecule has 4 rings (SSSR count). The van der Waals surface area contributed by atoms with Gasteiger partial charge in [-0.1, -0.05) is 0 Å². The van der Waals surface area contributed by atoms with Crippen molar-refractivity contribution in [3.05, 3.63) is 35.3 Å². The number of hydrogen-bond acceptors (Lipinski definition) is 5. The number of aromatic nitrogens is 4. The van der Waals surface area contributed by atoms with Crippen LogP contribution in [0.3, 0.4) is 0 Å². The van der Waals surface area contributed by atoms with Gasteiger partial charge in [-0.3, -0.25) is 0 Å². The summed E-state index contributed by atoms with van der Waals surface area (Å²) in [5.41, 5.74) is 2.62. The zero-order chi connectivity index (χ0) is 17.2. The molecule has 0 bridgehead atoms. The molecule has 0 amide bonds. The minimum absolute atomic E-state index is 0. The molecule has 0 saturated carbocycles. The summed E-state index contributed by atoms with van der Waals surface area (Å²) in [6.07, 6.45) is 8.55. The van der Waals surface area contributed by atoms with Crippen molar-refractivity contribution in [1.82, 2.24) is 24.8 Å². The Bertz CT molecular complexity index is 748. The predicted octanol–water partition coefficient (Wildman–Crippen LogP) is 2.74. The highest BCUT2D eigenvalue weighted by Gasteiger charge is 2.25. The third-order valence-corrected chi connectivity index (χ3v) is 5.47. The normalized spacial score (nSPS) is 19.5. The van der Waals surface area contributed by atoms with E-state index >= 15 is 0 Å². The number of nitrogens with one attached hydrogen (secondary N) is 1. The van der Waals surface area contributed by atoms with Gasteiger partial charge in [0.05, 0.1) is 5.69 Å². The summed E-state index contributed by atoms with van der Waals surface area (Å²) in [6.45, 7) is 9.39. The Morgan fingerprint density at radius 3 is 2.74 bits per heavy atom. The first kappa shape index (κ1) is 21.9. The van der Waals surface area contributed by atoms with E-state index in [1.165, 1.54) is 29.9 Å². The first-order valence-electron chi connectivity index (χ1n) is 9.50. The minimum Gasteiger partial charge on any atom is -0.356 e. The van der Waals surface area contributed by atoms with Gasteiger partial charge in [-0.05, 0) is 45.6 Å². The van der Waals surface area contributed by atoms with Crippen LogP contribution in [0.1, 0.15) is 35.7 Å². The maximum atomic E-state index is 4.87. The van der Waals surface area contributed by atoms with Gasteiger partial charge in [0.15, 0.2) is 0 Å². The first-order valence-corrected chi connectivity index (χ1v) is 9.50. The average Bonchev–Trinajstić information content (AvgIpc) is 2.87. The van der Waals surface area contributed by atoms with Gasteiger partial charge in [0.2, 0.25) is 0 Å². The number of rotatable bonds is 3. The molecule has 2 aromatic rings. The second kappa shape index (κ2) is 9.71. The van der Waals surface area contributed by atoms with Crippen LogP contribution in [0, 0.1) is 19.8 Å². The molecule has 1 unspecified atom stereocenters. The summed E-state index contributed by atoms with van der Waals surface area (Å²) in [4.78, 5) is 16.5. The molecule has 1 N–H and O–H groups in total. The number of anilines is 1. The number of halogens is 2. The molecule has 1 saturated heterocycles. The molecule has 0 spiro atoms. The van der Waals surface area contributed by atoms with Gasteiger partial charge in [0, 0.05) is 50.6 Å². The average molecular weight is 413 g/mol. The maximum Gasteiger partial charge on any atom is 0.135 e. The Morgan fingerprint density at radius 2 is 1.96 bits per heavy atom. The molecule has 2 aliphatic heterocycles. The Balaban J connectivity index is 0.00000131. The van der Waals surface area contributed by atoms with Crippen LogP contribution in [-0.4, -0.2) is 45.7 Å². The molecular weight excluding hydrogens is 383 g/mol. The molecule has 150 valence electrons. The number of aryl methyl sites for hydroxylation is 2. The molecule has 0 aliphatic carbocycles. The van der Waals surface area contributed by atoms with E-state index in [1.54, 1.807) is 0 Å². The first-order chi connectivity index (χ1) is 12.2. The van der Waals surface area contributed by atoms with E-state index in [4.69, 9.17) is 9.97 Å². The summed E-state index contributed by atoms with van der Waals surface area (Å²) < 4.78 is 2.28. The van der Waals surface area contributed by atoms with Crippen molar-refractivity contribution in [2.24, 2.45) is 5.92 Å². The summed E-state index contributed by atoms with van der Waals surface area (Å²) in [6, 6.07) is 0. The molecule has 1 atom stereocenters. The highest BCUT2D eigenvalue weighted by atomic mass is 35.5. The van der Waals surface area contributed by atoms with Crippen molar-refractivity contribution >= 4 is 30.6 Å². The van der Waals surface area contributed by atoms with E-state index in [2.05, 4.69) is 32.9 Å². The van der Waals surface area contributed by atoms with Gasteiger partial charge in [-0.15, -0.1) is 24.8 Å². The van der Waals surface area contributed by atoms with Gasteiger partial charge >= 0.3 is 0 Å². The van der Waals surface area contributed by atoms with Crippen LogP contribution in [0.5, 0.6) is 0 Å². The fourth-order valence-corrected chi connectivity index (χ4v) is 4.19. The van der Waals surface area contributed by atoms with E-state index < -0.39 is 0 Å². The van der Waals surface area contributed by atoms with E-state index in [-0.39, 0.29) is 24.8 Å². The quantitative estimate of drug-likeness (QED) is 0.839. The SMILES string of the molecule is Cc1nc2c(c(N3CCCC(Cn4ccnc4C)C3)n1)CCNCC2.Cl.Cl. The van der Waals surface area contributed by atoms with Crippen molar-refractivity contribution in [3.63, 3.8) is 0 Å². The number of fused-ring (bicyclic) bond motifs is 1. The van der Waals surface area contributed by atoms with E-state index in [0.29, 0.717) is 5.92 Å². The Hall–Kier alpha value is -1.37. The second-order valence-corrected chi connectivity index (χ2v) is 7.35. The third kappa shape index (κ3) is 4.92. The van der Waals surface area contributed by atoms with Crippen LogP contribution in [-0.2, 0) is 19.4 Å². The summed E-state index contributed by atoms with van der Waals surface area (Å²) in [5.74, 6) is 3.85. The van der Waals surface area contributed by atoms with E-state index in [0.717, 1.165) is 57.2 Å². The van der Waals surface area contributed by atoms with Crippen LogP contribution >= 0.6 is 24.8 Å². The summed E-state index contributed by atoms with van der Waals surface area (Å²) in [7, 11) is 0. The lowest BCUT2D eigenvalue weighted by atomic mass is 9.97. The van der Waals surface area contributed by atoms with E-state index in [9.17, 15) is 0 Å². The number of nitrogens with zero attached hydrogens (tertiary/aromatic N) is 5. The molecule has 2 aliphatic rings. The van der Waals surface area contributed by atoms with Crippen LogP contribution in [0.15, 0.2) is 12.4 Å². The van der Waals surface area contributed by atoms with Gasteiger partial charge in [-0.25, -0.2) is 15.0 Å². The largest absolute Gasteiger partial charge is 0.356 e. The predicted molar refractivity (Wildman–Crippen MR) is 113 cm³/mol. The fourth-order valence-electron chi connectivity index (χ4n) is 4.19. The molecule has 0 radical (unpaired) electrons. The van der Waals surface area contributed by atoms with Gasteiger partial charge in [0.25, 0.3) is 0 Å². The number of imidazole rings is 1. The van der Waals surface area contributed by atoms with Gasteiger partial charge in [0.1, 0.15) is 17.5 Å². The molecule has 4 heterocycles. The molecule has 0 aromatic carbocycles. The van der Waals surface area contributed by atoms with Crippen molar-refractivity contribution < 1.29 is 0 Å². The van der Waals surface area contributed by atoms with Crippen molar-refractivity contribution in [2.45, 2.75) is 46.1 Å². The monoisotopic (exact) mass is 412 g/mol. The van der Waals surface area contributed by atoms with Crippen molar-refractivity contribution in [1.29, 1.82) is 0 Å². The Kier molecular flexibility index (Phi) is 7.89. The third-order valence-electron chi connectivity index (χ3n) is 5.47. The van der Waals surface area contributed by atoms with Crippen LogP contribution in [0.2, 0.25) is 0 Å². The molecule has 2 aromatic heterocycles. The number of piperidine rings is 1. The highest BCUT2D eigenvalue weighted by molar-refractivity contribution is 5.85. The lowest BCUT2D eigenvalue weighted by molar-refractivity contribution is 0.362. The molecule has 6 nitrogen and oxygen atoms in total. The zero-order valence-electron chi connectivity index (χ0n) is 16.1. The molecule has 1 fully saturated rings. The van der Waals surface area contributed by atoms with Crippen LogP contribution in [0.25, 0.3) is 0 Å². The number of hydrogen-bond donors (Lipinski definition) is 1. The molecule has 8 heteroatoms. The zero-order valence-corrected chi connectivity index (χ0v) is 17.8. The van der Waals surface area contributed by atoms with Gasteiger partial charge < -0.3 is 14.8 Å². The lowest BCUT2D eigenvalue weighted by Gasteiger charge is -2.35. The lowest BCUT2D eigenvalue weighted by Crippen LogP contribution is -2.38. The maximum absolute atomic E-state index is 4.87. The second-order valence-electron chi connectivity index (χ2n) is 7.35. The van der Waals surface area contributed by atoms with Crippen molar-refractivity contribution in [3.8, 4) is 0 Å². The fraction of sp³-hybridized carbons (Fsp3) is 0.632. The van der Waals surface area contributed by atoms with Crippen molar-refractivity contribution in [2.75, 3.05) is 31.1 Å². The van der Waals surface area contributed by atoms with Crippen LogP contribution in [0.4, 0.5) is 5.82 Å². The Morgan fingerprint density at radius 1 is 1.15 bits per heavy atom. The standard InChI is InChI=1S/C19H28N6.2ClH/c1-14-22-18-6-8-20-7-5-17(18)19(23-14)25-10-3-4-16(13-25)12-24-11-9-21-15(24)2;;/h9,11,16,20H,3-8,10,12-13H2,1-2H3;2*1H.